The SMILES string of the molecule is CC/C=C\C/C=C\C/C=C\C/C=C\CCCCCCCCCCCCCCCCCCCCC(=O)NC(COC1OC(CO)C(O)C(O)C1O)C(O)/C=C/CC/C=C/CCCCCCCCCCCCCCCCCCCCCCCCC. The van der Waals surface area contributed by atoms with Gasteiger partial charge in [0, 0.05) is 6.42 Å². The van der Waals surface area contributed by atoms with E-state index in [2.05, 4.69) is 79.9 Å². The Balaban J connectivity index is 2.14. The summed E-state index contributed by atoms with van der Waals surface area (Å²) < 4.78 is 11.3. The van der Waals surface area contributed by atoms with Crippen molar-refractivity contribution in [1.82, 2.24) is 5.32 Å². The number of nitrogens with one attached hydrogen (secondary N) is 1. The first kappa shape index (κ1) is 78.6. The Hall–Kier alpha value is -2.37. The molecule has 6 N–H and O–H groups in total. The molecule has 1 amide bonds. The summed E-state index contributed by atoms with van der Waals surface area (Å²) in [5.74, 6) is -0.183. The molecule has 7 atom stereocenters. The number of carbonyl (C=O) groups excluding carboxylic acids is 1. The fourth-order valence-electron chi connectivity index (χ4n) is 11.2. The zero-order valence-corrected chi connectivity index (χ0v) is 54.2. The van der Waals surface area contributed by atoms with Crippen LogP contribution in [-0.2, 0) is 14.3 Å². The van der Waals surface area contributed by atoms with Gasteiger partial charge in [0.25, 0.3) is 0 Å². The maximum atomic E-state index is 13.1. The number of rotatable bonds is 62. The molecule has 0 spiro atoms. The summed E-state index contributed by atoms with van der Waals surface area (Å²) in [5, 5.41) is 54.8. The highest BCUT2D eigenvalue weighted by molar-refractivity contribution is 5.76. The molecule has 83 heavy (non-hydrogen) atoms. The van der Waals surface area contributed by atoms with Gasteiger partial charge in [0.1, 0.15) is 24.4 Å². The number of amides is 1. The van der Waals surface area contributed by atoms with E-state index in [1.54, 1.807) is 6.08 Å². The molecule has 0 saturated carbocycles. The number of hydrogen-bond donors (Lipinski definition) is 6. The van der Waals surface area contributed by atoms with Crippen molar-refractivity contribution >= 4 is 5.91 Å². The molecule has 0 radical (unpaired) electrons. The van der Waals surface area contributed by atoms with Crippen molar-refractivity contribution in [3.05, 3.63) is 72.9 Å². The Morgan fingerprint density at radius 3 is 1.16 bits per heavy atom. The summed E-state index contributed by atoms with van der Waals surface area (Å²) in [6.45, 7) is 3.69. The topological polar surface area (TPSA) is 149 Å². The molecule has 0 aliphatic carbocycles. The van der Waals surface area contributed by atoms with Crippen LogP contribution in [0.1, 0.15) is 335 Å². The Labute approximate surface area is 512 Å². The molecule has 0 aromatic rings. The van der Waals surface area contributed by atoms with Gasteiger partial charge in [0.15, 0.2) is 6.29 Å². The average Bonchev–Trinajstić information content (AvgIpc) is 3.61. The lowest BCUT2D eigenvalue weighted by molar-refractivity contribution is -0.302. The first-order valence-electron chi connectivity index (χ1n) is 35.7. The summed E-state index contributed by atoms with van der Waals surface area (Å²) in [6.07, 6.45) is 81.6. The van der Waals surface area contributed by atoms with Crippen LogP contribution in [0.5, 0.6) is 0 Å². The number of carbonyl (C=O) groups is 1. The molecular weight excluding hydrogens is 1030 g/mol. The van der Waals surface area contributed by atoms with Gasteiger partial charge >= 0.3 is 0 Å². The maximum absolute atomic E-state index is 13.1. The third-order valence-electron chi connectivity index (χ3n) is 16.8. The number of hydrogen-bond acceptors (Lipinski definition) is 8. The highest BCUT2D eigenvalue weighted by Gasteiger charge is 2.44. The van der Waals surface area contributed by atoms with Gasteiger partial charge in [0.05, 0.1) is 25.4 Å². The standard InChI is InChI=1S/C74H135NO8/c1-3-5-7-9-11-13-15-17-19-21-23-25-27-29-31-33-34-36-38-40-42-44-46-48-50-52-54-56-58-60-62-64-70(78)75-67(66-82-74-73(81)72(80)71(79)69(65-76)83-74)68(77)63-61-59-57-55-53-51-49-47-45-43-41-39-37-35-32-30-28-26-24-22-20-18-16-14-12-10-8-6-4-2/h5,7,11,13,17,19,23,25,53,55,61,63,67-69,71-74,76-77,79-81H,3-4,6,8-10,12,14-16,18,20-22,24,26-52,54,56-60,62,64-66H2,1-2H3,(H,75,78)/b7-5-,13-11-,19-17-,25-23-,55-53+,63-61+. The monoisotopic (exact) mass is 1170 g/mol. The maximum Gasteiger partial charge on any atom is 0.220 e. The smallest absolute Gasteiger partial charge is 0.220 e. The van der Waals surface area contributed by atoms with Crippen LogP contribution < -0.4 is 5.32 Å². The minimum absolute atomic E-state index is 0.183. The van der Waals surface area contributed by atoms with Crippen molar-refractivity contribution in [3.63, 3.8) is 0 Å². The molecule has 1 fully saturated rings. The van der Waals surface area contributed by atoms with Gasteiger partial charge in [-0.15, -0.1) is 0 Å². The van der Waals surface area contributed by atoms with Gasteiger partial charge in [-0.3, -0.25) is 4.79 Å². The molecule has 0 aromatic carbocycles. The van der Waals surface area contributed by atoms with Crippen LogP contribution in [0.15, 0.2) is 72.9 Å². The second kappa shape index (κ2) is 62.7. The Bertz CT molecular complexity index is 1540. The fraction of sp³-hybridized carbons (Fsp3) is 0.824. The third kappa shape index (κ3) is 51.4. The van der Waals surface area contributed by atoms with E-state index in [9.17, 15) is 30.3 Å². The average molecular weight is 1170 g/mol. The Morgan fingerprint density at radius 2 is 0.759 bits per heavy atom. The van der Waals surface area contributed by atoms with E-state index < -0.39 is 49.5 Å². The van der Waals surface area contributed by atoms with E-state index >= 15 is 0 Å². The second-order valence-corrected chi connectivity index (χ2v) is 24.6. The van der Waals surface area contributed by atoms with Crippen molar-refractivity contribution in [2.45, 2.75) is 378 Å². The van der Waals surface area contributed by atoms with Gasteiger partial charge in [-0.25, -0.2) is 0 Å². The first-order valence-corrected chi connectivity index (χ1v) is 35.7. The summed E-state index contributed by atoms with van der Waals surface area (Å²) >= 11 is 0. The quantitative estimate of drug-likeness (QED) is 0.0261. The van der Waals surface area contributed by atoms with Gasteiger partial charge < -0.3 is 40.3 Å². The van der Waals surface area contributed by atoms with Crippen LogP contribution >= 0.6 is 0 Å². The van der Waals surface area contributed by atoms with E-state index in [0.717, 1.165) is 64.2 Å². The molecule has 1 saturated heterocycles. The zero-order valence-electron chi connectivity index (χ0n) is 54.2. The molecule has 7 unspecified atom stereocenters. The summed E-state index contributed by atoms with van der Waals surface area (Å²) in [4.78, 5) is 13.1. The van der Waals surface area contributed by atoms with Crippen molar-refractivity contribution in [3.8, 4) is 0 Å². The molecule has 1 rings (SSSR count). The Morgan fingerprint density at radius 1 is 0.422 bits per heavy atom. The minimum Gasteiger partial charge on any atom is -0.394 e. The van der Waals surface area contributed by atoms with E-state index in [1.807, 2.05) is 6.08 Å². The minimum atomic E-state index is -1.57. The van der Waals surface area contributed by atoms with Gasteiger partial charge in [-0.1, -0.05) is 331 Å². The lowest BCUT2D eigenvalue weighted by atomic mass is 9.99. The Kier molecular flexibility index (Phi) is 59.4. The number of ether oxygens (including phenoxy) is 2. The molecule has 0 aromatic heterocycles. The fourth-order valence-corrected chi connectivity index (χ4v) is 11.2. The van der Waals surface area contributed by atoms with Gasteiger partial charge in [-0.05, 0) is 70.6 Å². The highest BCUT2D eigenvalue weighted by atomic mass is 16.7. The van der Waals surface area contributed by atoms with Crippen LogP contribution in [0, 0.1) is 0 Å². The summed E-state index contributed by atoms with van der Waals surface area (Å²) in [7, 11) is 0. The van der Waals surface area contributed by atoms with Crippen molar-refractivity contribution in [1.29, 1.82) is 0 Å². The number of aliphatic hydroxyl groups excluding tert-OH is 5. The van der Waals surface area contributed by atoms with Gasteiger partial charge in [0.2, 0.25) is 5.91 Å². The molecule has 0 bridgehead atoms. The van der Waals surface area contributed by atoms with Crippen LogP contribution in [-0.4, -0.2) is 87.5 Å². The van der Waals surface area contributed by atoms with Crippen molar-refractivity contribution in [2.24, 2.45) is 0 Å². The van der Waals surface area contributed by atoms with Crippen molar-refractivity contribution < 1.29 is 39.8 Å². The second-order valence-electron chi connectivity index (χ2n) is 24.6. The number of unbranched alkanes of at least 4 members (excludes halogenated alkanes) is 42. The lowest BCUT2D eigenvalue weighted by Gasteiger charge is -2.40. The summed E-state index contributed by atoms with van der Waals surface area (Å²) in [6, 6.07) is -0.825. The van der Waals surface area contributed by atoms with E-state index in [-0.39, 0.29) is 12.5 Å². The molecule has 9 nitrogen and oxygen atoms in total. The van der Waals surface area contributed by atoms with Crippen LogP contribution in [0.25, 0.3) is 0 Å². The largest absolute Gasteiger partial charge is 0.394 e. The molecule has 9 heteroatoms. The third-order valence-corrected chi connectivity index (χ3v) is 16.8. The molecule has 1 heterocycles. The van der Waals surface area contributed by atoms with Crippen LogP contribution in [0.3, 0.4) is 0 Å². The molecule has 484 valence electrons. The summed E-state index contributed by atoms with van der Waals surface area (Å²) in [5.41, 5.74) is 0. The predicted octanol–water partition coefficient (Wildman–Crippen LogP) is 19.5. The number of aliphatic hydroxyl groups is 5. The zero-order chi connectivity index (χ0) is 60.0. The highest BCUT2D eigenvalue weighted by Crippen LogP contribution is 2.23. The lowest BCUT2D eigenvalue weighted by Crippen LogP contribution is -2.60. The molecule has 1 aliphatic heterocycles. The van der Waals surface area contributed by atoms with Crippen LogP contribution in [0.2, 0.25) is 0 Å². The number of allylic oxidation sites excluding steroid dienone is 11. The van der Waals surface area contributed by atoms with Crippen molar-refractivity contribution in [2.75, 3.05) is 13.2 Å². The molecular formula is C74H135NO8. The first-order chi connectivity index (χ1) is 40.8. The van der Waals surface area contributed by atoms with E-state index in [0.29, 0.717) is 6.42 Å². The van der Waals surface area contributed by atoms with Crippen LogP contribution in [0.4, 0.5) is 0 Å². The van der Waals surface area contributed by atoms with Gasteiger partial charge in [-0.2, -0.15) is 0 Å². The normalized spacial score (nSPS) is 18.7. The predicted molar refractivity (Wildman–Crippen MR) is 355 cm³/mol. The molecule has 1 aliphatic rings. The van der Waals surface area contributed by atoms with E-state index in [4.69, 9.17) is 9.47 Å². The van der Waals surface area contributed by atoms with E-state index in [1.165, 1.54) is 250 Å².